The highest BCUT2D eigenvalue weighted by Gasteiger charge is 2.56. The molecule has 68 heavy (non-hydrogen) atoms. The van der Waals surface area contributed by atoms with Crippen molar-refractivity contribution in [3.63, 3.8) is 0 Å². The normalized spacial score (nSPS) is 14.5. The van der Waals surface area contributed by atoms with E-state index in [0.717, 1.165) is 50.8 Å². The van der Waals surface area contributed by atoms with Crippen LogP contribution in [0.4, 0.5) is 28.4 Å². The second-order valence-electron chi connectivity index (χ2n) is 17.6. The molecule has 1 spiro atoms. The minimum absolute atomic E-state index is 0.774. The lowest BCUT2D eigenvalue weighted by atomic mass is 9.71. The number of nitrogens with zero attached hydrogens (tertiary/aromatic N) is 3. The van der Waals surface area contributed by atoms with Crippen molar-refractivity contribution in [3.05, 3.63) is 300 Å². The Hall–Kier alpha value is -8.92. The maximum absolute atomic E-state index is 4.40. The van der Waals surface area contributed by atoms with E-state index in [2.05, 4.69) is 276 Å². The van der Waals surface area contributed by atoms with Crippen LogP contribution in [0.25, 0.3) is 50.3 Å². The summed E-state index contributed by atoms with van der Waals surface area (Å²) in [5.41, 5.74) is 20.1. The lowest BCUT2D eigenvalue weighted by molar-refractivity contribution is 0.745. The van der Waals surface area contributed by atoms with Gasteiger partial charge in [0, 0.05) is 50.3 Å². The third-order valence-electron chi connectivity index (χ3n) is 14.1. The van der Waals surface area contributed by atoms with Crippen molar-refractivity contribution >= 4 is 61.9 Å². The molecule has 2 aliphatic carbocycles. The van der Waals surface area contributed by atoms with Crippen molar-refractivity contribution in [3.8, 4) is 16.8 Å². The fraction of sp³-hybridized carbons (Fsp3) is 0.0154. The molecule has 0 amide bonds. The van der Waals surface area contributed by atoms with Gasteiger partial charge >= 0.3 is 0 Å². The summed E-state index contributed by atoms with van der Waals surface area (Å²) in [6, 6.07) is 93.2. The topological polar surface area (TPSA) is 11.4 Å². The summed E-state index contributed by atoms with van der Waals surface area (Å²) in [7, 11) is 0. The van der Waals surface area contributed by atoms with Crippen LogP contribution in [-0.2, 0) is 5.41 Å². The molecule has 1 atom stereocenters. The molecule has 0 fully saturated rings. The van der Waals surface area contributed by atoms with Gasteiger partial charge in [0.15, 0.2) is 0 Å². The molecule has 0 N–H and O–H groups in total. The second-order valence-corrected chi connectivity index (χ2v) is 17.6. The lowest BCUT2D eigenvalue weighted by Crippen LogP contribution is -2.36. The maximum atomic E-state index is 4.40. The number of benzene rings is 10. The zero-order valence-electron chi connectivity index (χ0n) is 37.4. The van der Waals surface area contributed by atoms with E-state index in [4.69, 9.17) is 0 Å². The number of rotatable bonds is 9. The highest BCUT2D eigenvalue weighted by molar-refractivity contribution is 6.11. The lowest BCUT2D eigenvalue weighted by Gasteiger charge is -2.40. The van der Waals surface area contributed by atoms with Crippen LogP contribution in [0.3, 0.4) is 0 Å². The van der Waals surface area contributed by atoms with Crippen molar-refractivity contribution < 1.29 is 0 Å². The van der Waals surface area contributed by atoms with Gasteiger partial charge in [0.25, 0.3) is 0 Å². The molecule has 0 saturated carbocycles. The molecule has 0 saturated heterocycles. The van der Waals surface area contributed by atoms with Gasteiger partial charge in [-0.05, 0) is 118 Å². The average Bonchev–Trinajstić information content (AvgIpc) is 4.02. The monoisotopic (exact) mass is 867 g/mol. The van der Waals surface area contributed by atoms with E-state index < -0.39 is 5.41 Å². The third-order valence-corrected chi connectivity index (χ3v) is 14.1. The summed E-state index contributed by atoms with van der Waals surface area (Å²) in [6.07, 6.45) is 2.01. The molecule has 3 nitrogen and oxygen atoms in total. The molecule has 3 heteroatoms. The van der Waals surface area contributed by atoms with Crippen molar-refractivity contribution in [2.24, 2.45) is 0 Å². The first-order valence-electron chi connectivity index (χ1n) is 23.4. The molecule has 0 aliphatic heterocycles. The van der Waals surface area contributed by atoms with Crippen molar-refractivity contribution in [1.82, 2.24) is 4.57 Å². The molecule has 2 aliphatic rings. The molecule has 1 aromatic heterocycles. The number of hydrogen-bond donors (Lipinski definition) is 0. The Labute approximate surface area is 397 Å². The van der Waals surface area contributed by atoms with Gasteiger partial charge in [-0.15, -0.1) is 0 Å². The van der Waals surface area contributed by atoms with Crippen LogP contribution in [0.5, 0.6) is 0 Å². The third kappa shape index (κ3) is 5.79. The van der Waals surface area contributed by atoms with Crippen molar-refractivity contribution in [2.45, 2.75) is 5.41 Å². The Kier molecular flexibility index (Phi) is 9.23. The first-order chi connectivity index (χ1) is 33.8. The van der Waals surface area contributed by atoms with Gasteiger partial charge in [0.1, 0.15) is 0 Å². The second kappa shape index (κ2) is 15.9. The van der Waals surface area contributed by atoms with Crippen molar-refractivity contribution in [1.29, 1.82) is 0 Å². The van der Waals surface area contributed by atoms with Crippen LogP contribution >= 0.6 is 0 Å². The summed E-state index contributed by atoms with van der Waals surface area (Å²) >= 11 is 0. The summed E-state index contributed by atoms with van der Waals surface area (Å²) in [5, 5.41) is 2.40. The molecule has 1 heterocycles. The van der Waals surface area contributed by atoms with E-state index >= 15 is 0 Å². The molecular formula is C65H45N3. The van der Waals surface area contributed by atoms with Crippen LogP contribution < -0.4 is 9.80 Å². The Morgan fingerprint density at radius 2 is 0.897 bits per heavy atom. The molecule has 320 valence electrons. The quantitative estimate of drug-likeness (QED) is 0.143. The molecular weight excluding hydrogens is 823 g/mol. The van der Waals surface area contributed by atoms with Gasteiger partial charge in [-0.1, -0.05) is 189 Å². The maximum Gasteiger partial charge on any atom is 0.0882 e. The van der Waals surface area contributed by atoms with E-state index in [1.165, 1.54) is 60.9 Å². The molecule has 13 rings (SSSR count). The Morgan fingerprint density at radius 1 is 0.382 bits per heavy atom. The van der Waals surface area contributed by atoms with Gasteiger partial charge in [0.2, 0.25) is 0 Å². The van der Waals surface area contributed by atoms with Gasteiger partial charge in [-0.25, -0.2) is 0 Å². The smallest absolute Gasteiger partial charge is 0.0882 e. The van der Waals surface area contributed by atoms with Gasteiger partial charge in [-0.3, -0.25) is 0 Å². The standard InChI is InChI=1S/C65H45N3/c1-2-45-24-15-16-33-51(45)62-53-35-17-20-37-56(53)65(57-38-21-18-36-54(57)63-58(65)39-23-41-61(63)66(46-25-7-3-8-26-46)47-27-9-4-10-28-47)64(62)67(48-29-11-5-12-30-48)50-42-43-60-55(44-50)52-34-19-22-40-59(52)68(60)49-31-13-6-14-32-49/h2-44H,1H2. The van der Waals surface area contributed by atoms with Gasteiger partial charge in [0.05, 0.1) is 27.8 Å². The molecule has 0 radical (unpaired) electrons. The molecule has 10 aromatic carbocycles. The zero-order valence-corrected chi connectivity index (χ0v) is 37.4. The summed E-state index contributed by atoms with van der Waals surface area (Å²) < 4.78 is 2.40. The summed E-state index contributed by atoms with van der Waals surface area (Å²) in [4.78, 5) is 5.01. The van der Waals surface area contributed by atoms with E-state index in [-0.39, 0.29) is 0 Å². The van der Waals surface area contributed by atoms with Crippen LogP contribution in [0.1, 0.15) is 33.4 Å². The van der Waals surface area contributed by atoms with E-state index in [1.54, 1.807) is 0 Å². The van der Waals surface area contributed by atoms with E-state index in [0.29, 0.717) is 0 Å². The minimum atomic E-state index is -0.774. The zero-order chi connectivity index (χ0) is 45.2. The number of fused-ring (bicyclic) bond motifs is 10. The first-order valence-corrected chi connectivity index (χ1v) is 23.4. The van der Waals surface area contributed by atoms with Crippen molar-refractivity contribution in [2.75, 3.05) is 9.80 Å². The number of aromatic nitrogens is 1. The van der Waals surface area contributed by atoms with E-state index in [1.807, 2.05) is 6.08 Å². The van der Waals surface area contributed by atoms with Crippen LogP contribution in [0.15, 0.2) is 267 Å². The molecule has 0 bridgehead atoms. The van der Waals surface area contributed by atoms with Crippen LogP contribution in [0.2, 0.25) is 0 Å². The van der Waals surface area contributed by atoms with Gasteiger partial charge in [-0.2, -0.15) is 0 Å². The fourth-order valence-corrected chi connectivity index (χ4v) is 11.5. The van der Waals surface area contributed by atoms with E-state index in [9.17, 15) is 0 Å². The molecule has 11 aromatic rings. The number of para-hydroxylation sites is 5. The number of hydrogen-bond acceptors (Lipinski definition) is 2. The fourth-order valence-electron chi connectivity index (χ4n) is 11.5. The predicted molar refractivity (Wildman–Crippen MR) is 285 cm³/mol. The number of allylic oxidation sites excluding steroid dienone is 1. The largest absolute Gasteiger partial charge is 0.312 e. The SMILES string of the molecule is C=Cc1ccccc1C1=C(N(c2ccccc2)c2ccc3c(c2)c2ccccc2n3-c2ccccc2)C2(c3ccccc31)c1ccccc1-c1c(N(c3ccccc3)c3ccccc3)cccc12. The highest BCUT2D eigenvalue weighted by atomic mass is 15.2. The first kappa shape index (κ1) is 39.4. The highest BCUT2D eigenvalue weighted by Crippen LogP contribution is 2.66. The Balaban J connectivity index is 1.18. The summed E-state index contributed by atoms with van der Waals surface area (Å²) in [6.45, 7) is 4.40. The van der Waals surface area contributed by atoms with Gasteiger partial charge < -0.3 is 14.4 Å². The average molecular weight is 868 g/mol. The summed E-state index contributed by atoms with van der Waals surface area (Å²) in [5.74, 6) is 0. The van der Waals surface area contributed by atoms with Crippen LogP contribution in [-0.4, -0.2) is 4.57 Å². The van der Waals surface area contributed by atoms with Crippen LogP contribution in [0, 0.1) is 0 Å². The molecule has 1 unspecified atom stereocenters. The Morgan fingerprint density at radius 3 is 1.57 bits per heavy atom. The Bertz CT molecular complexity index is 3720. The predicted octanol–water partition coefficient (Wildman–Crippen LogP) is 16.8. The number of anilines is 5. The minimum Gasteiger partial charge on any atom is -0.312 e.